The molecule has 0 fully saturated rings. The Morgan fingerprint density at radius 1 is 1.29 bits per heavy atom. The van der Waals surface area contributed by atoms with Crippen LogP contribution >= 0.6 is 23.2 Å². The van der Waals surface area contributed by atoms with E-state index in [1.54, 1.807) is 18.2 Å². The van der Waals surface area contributed by atoms with Crippen LogP contribution in [0.15, 0.2) is 24.4 Å². The molecule has 0 saturated heterocycles. The number of benzene rings is 1. The molecule has 0 spiro atoms. The second-order valence-electron chi connectivity index (χ2n) is 3.31. The molecule has 88 valence electrons. The Hall–Kier alpha value is -1.72. The molecule has 1 heterocycles. The third kappa shape index (κ3) is 2.07. The molecule has 1 amide bonds. The number of nitrogens with zero attached hydrogens (tertiary/aromatic N) is 2. The van der Waals surface area contributed by atoms with Gasteiger partial charge in [-0.05, 0) is 12.1 Å². The topological polar surface area (TPSA) is 86.9 Å². The number of rotatable bonds is 2. The molecular weight excluding hydrogens is 263 g/mol. The highest BCUT2D eigenvalue weighted by molar-refractivity contribution is 6.34. The zero-order valence-corrected chi connectivity index (χ0v) is 10.0. The molecule has 0 aliphatic heterocycles. The highest BCUT2D eigenvalue weighted by Crippen LogP contribution is 2.25. The molecule has 4 N–H and O–H groups in total. The maximum absolute atomic E-state index is 11.3. The van der Waals surface area contributed by atoms with Gasteiger partial charge < -0.3 is 11.5 Å². The monoisotopic (exact) mass is 270 g/mol. The van der Waals surface area contributed by atoms with Gasteiger partial charge in [-0.25, -0.2) is 4.68 Å². The zero-order valence-electron chi connectivity index (χ0n) is 8.52. The number of amides is 1. The van der Waals surface area contributed by atoms with Crippen LogP contribution in [0.2, 0.25) is 10.0 Å². The first-order valence-electron chi connectivity index (χ1n) is 4.60. The van der Waals surface area contributed by atoms with Crippen molar-refractivity contribution >= 4 is 34.9 Å². The second-order valence-corrected chi connectivity index (χ2v) is 4.12. The fraction of sp³-hybridized carbons (Fsp3) is 0. The van der Waals surface area contributed by atoms with Crippen molar-refractivity contribution in [1.29, 1.82) is 0 Å². The standard InChI is InChI=1S/C10H8Cl2N4O/c11-5-2-1-3-7(8(5)10(14)17)16-4-6(12)9(13)15-16/h1-4H,(H2,13,15)(H2,14,17). The van der Waals surface area contributed by atoms with Gasteiger partial charge in [0, 0.05) is 0 Å². The molecule has 0 radical (unpaired) electrons. The molecule has 5 nitrogen and oxygen atoms in total. The summed E-state index contributed by atoms with van der Waals surface area (Å²) in [5, 5.41) is 4.50. The van der Waals surface area contributed by atoms with Crippen molar-refractivity contribution in [2.24, 2.45) is 5.73 Å². The van der Waals surface area contributed by atoms with Crippen LogP contribution < -0.4 is 11.5 Å². The predicted molar refractivity (Wildman–Crippen MR) is 66.5 cm³/mol. The number of aromatic nitrogens is 2. The molecule has 0 aliphatic rings. The van der Waals surface area contributed by atoms with Crippen molar-refractivity contribution in [3.8, 4) is 5.69 Å². The Morgan fingerprint density at radius 3 is 2.53 bits per heavy atom. The van der Waals surface area contributed by atoms with Gasteiger partial charge in [0.05, 0.1) is 22.5 Å². The summed E-state index contributed by atoms with van der Waals surface area (Å²) in [7, 11) is 0. The van der Waals surface area contributed by atoms with Crippen LogP contribution in [0.3, 0.4) is 0 Å². The molecule has 0 saturated carbocycles. The molecule has 0 bridgehead atoms. The Labute approximate surface area is 107 Å². The molecule has 1 aromatic heterocycles. The average Bonchev–Trinajstić information content (AvgIpc) is 2.58. The van der Waals surface area contributed by atoms with Gasteiger partial charge in [-0.3, -0.25) is 4.79 Å². The minimum atomic E-state index is -0.643. The summed E-state index contributed by atoms with van der Waals surface area (Å²) in [6, 6.07) is 4.89. The number of carbonyl (C=O) groups excluding carboxylic acids is 1. The quantitative estimate of drug-likeness (QED) is 0.873. The van der Waals surface area contributed by atoms with Crippen molar-refractivity contribution in [1.82, 2.24) is 9.78 Å². The minimum Gasteiger partial charge on any atom is -0.381 e. The number of primary amides is 1. The summed E-state index contributed by atoms with van der Waals surface area (Å²) < 4.78 is 1.36. The lowest BCUT2D eigenvalue weighted by Gasteiger charge is -2.07. The second kappa shape index (κ2) is 4.27. The lowest BCUT2D eigenvalue weighted by atomic mass is 10.1. The highest BCUT2D eigenvalue weighted by Gasteiger charge is 2.15. The summed E-state index contributed by atoms with van der Waals surface area (Å²) in [5.74, 6) is -0.474. The summed E-state index contributed by atoms with van der Waals surface area (Å²) in [5.41, 5.74) is 11.4. The maximum Gasteiger partial charge on any atom is 0.252 e. The largest absolute Gasteiger partial charge is 0.381 e. The SMILES string of the molecule is NC(=O)c1c(Cl)cccc1-n1cc(Cl)c(N)n1. The van der Waals surface area contributed by atoms with Gasteiger partial charge in [-0.1, -0.05) is 29.3 Å². The van der Waals surface area contributed by atoms with Crippen LogP contribution in [0.4, 0.5) is 5.82 Å². The lowest BCUT2D eigenvalue weighted by molar-refractivity contribution is 0.100. The van der Waals surface area contributed by atoms with Gasteiger partial charge in [0.2, 0.25) is 0 Å². The first-order chi connectivity index (χ1) is 8.00. The van der Waals surface area contributed by atoms with Crippen LogP contribution in [0.5, 0.6) is 0 Å². The highest BCUT2D eigenvalue weighted by atomic mass is 35.5. The summed E-state index contributed by atoms with van der Waals surface area (Å²) in [4.78, 5) is 11.3. The molecular formula is C10H8Cl2N4O. The van der Waals surface area contributed by atoms with E-state index in [0.717, 1.165) is 0 Å². The van der Waals surface area contributed by atoms with Crippen molar-refractivity contribution < 1.29 is 4.79 Å². The van der Waals surface area contributed by atoms with Gasteiger partial charge in [0.15, 0.2) is 5.82 Å². The van der Waals surface area contributed by atoms with E-state index in [9.17, 15) is 4.79 Å². The number of nitrogens with two attached hydrogens (primary N) is 2. The fourth-order valence-corrected chi connectivity index (χ4v) is 1.83. The Kier molecular flexibility index (Phi) is 2.95. The van der Waals surface area contributed by atoms with Crippen molar-refractivity contribution in [3.63, 3.8) is 0 Å². The number of hydrogen-bond acceptors (Lipinski definition) is 3. The van der Waals surface area contributed by atoms with Gasteiger partial charge in [-0.15, -0.1) is 5.10 Å². The number of halogens is 2. The van der Waals surface area contributed by atoms with E-state index in [-0.39, 0.29) is 16.4 Å². The average molecular weight is 271 g/mol. The summed E-state index contributed by atoms with van der Waals surface area (Å²) >= 11 is 11.7. The normalized spacial score (nSPS) is 10.5. The Bertz CT molecular complexity index is 574. The van der Waals surface area contributed by atoms with E-state index in [4.69, 9.17) is 34.7 Å². The van der Waals surface area contributed by atoms with Crippen LogP contribution in [0, 0.1) is 0 Å². The number of hydrogen-bond donors (Lipinski definition) is 2. The van der Waals surface area contributed by atoms with Gasteiger partial charge >= 0.3 is 0 Å². The van der Waals surface area contributed by atoms with Gasteiger partial charge in [0.25, 0.3) is 5.91 Å². The Balaban J connectivity index is 2.67. The molecule has 0 atom stereocenters. The third-order valence-corrected chi connectivity index (χ3v) is 2.79. The molecule has 17 heavy (non-hydrogen) atoms. The van der Waals surface area contributed by atoms with Crippen molar-refractivity contribution in [2.75, 3.05) is 5.73 Å². The minimum absolute atomic E-state index is 0.169. The van der Waals surface area contributed by atoms with Crippen LogP contribution in [-0.4, -0.2) is 15.7 Å². The Morgan fingerprint density at radius 2 is 2.00 bits per heavy atom. The molecule has 0 unspecified atom stereocenters. The summed E-state index contributed by atoms with van der Waals surface area (Å²) in [6.45, 7) is 0. The van der Waals surface area contributed by atoms with E-state index >= 15 is 0 Å². The molecule has 1 aromatic carbocycles. The van der Waals surface area contributed by atoms with Crippen LogP contribution in [0.25, 0.3) is 5.69 Å². The molecule has 2 rings (SSSR count). The van der Waals surface area contributed by atoms with Crippen LogP contribution in [-0.2, 0) is 0 Å². The van der Waals surface area contributed by atoms with E-state index in [0.29, 0.717) is 10.7 Å². The van der Waals surface area contributed by atoms with E-state index in [1.807, 2.05) is 0 Å². The number of anilines is 1. The van der Waals surface area contributed by atoms with Crippen molar-refractivity contribution in [3.05, 3.63) is 40.0 Å². The summed E-state index contributed by atoms with van der Waals surface area (Å²) in [6.07, 6.45) is 1.48. The van der Waals surface area contributed by atoms with E-state index in [1.165, 1.54) is 10.9 Å². The lowest BCUT2D eigenvalue weighted by Crippen LogP contribution is -2.15. The fourth-order valence-electron chi connectivity index (χ4n) is 1.44. The first kappa shape index (κ1) is 11.8. The van der Waals surface area contributed by atoms with E-state index in [2.05, 4.69) is 5.10 Å². The first-order valence-corrected chi connectivity index (χ1v) is 5.35. The predicted octanol–water partition coefficient (Wildman–Crippen LogP) is 1.86. The molecule has 2 aromatic rings. The van der Waals surface area contributed by atoms with Gasteiger partial charge in [0.1, 0.15) is 5.02 Å². The molecule has 0 aliphatic carbocycles. The van der Waals surface area contributed by atoms with Crippen LogP contribution in [0.1, 0.15) is 10.4 Å². The number of carbonyl (C=O) groups is 1. The number of nitrogen functional groups attached to an aromatic ring is 1. The zero-order chi connectivity index (χ0) is 12.6. The smallest absolute Gasteiger partial charge is 0.252 e. The van der Waals surface area contributed by atoms with Gasteiger partial charge in [-0.2, -0.15) is 0 Å². The third-order valence-electron chi connectivity index (χ3n) is 2.18. The van der Waals surface area contributed by atoms with Crippen molar-refractivity contribution in [2.45, 2.75) is 0 Å². The van der Waals surface area contributed by atoms with E-state index < -0.39 is 5.91 Å². The molecule has 7 heteroatoms. The maximum atomic E-state index is 11.3.